The normalized spacial score (nSPS) is 10.9. The van der Waals surface area contributed by atoms with E-state index in [1.165, 1.54) is 6.08 Å². The summed E-state index contributed by atoms with van der Waals surface area (Å²) in [6.45, 7) is 3.93. The maximum absolute atomic E-state index is 12.2. The average Bonchev–Trinajstić information content (AvgIpc) is 2.93. The summed E-state index contributed by atoms with van der Waals surface area (Å²) in [5.74, 6) is -0.201. The molecule has 1 aromatic carbocycles. The molecule has 5 heteroatoms. The van der Waals surface area contributed by atoms with E-state index in [4.69, 9.17) is 0 Å². The third kappa shape index (κ3) is 3.57. The van der Waals surface area contributed by atoms with Crippen molar-refractivity contribution in [1.82, 2.24) is 14.8 Å². The first-order valence-corrected chi connectivity index (χ1v) is 7.65. The molecule has 2 heterocycles. The van der Waals surface area contributed by atoms with Crippen LogP contribution in [0.4, 0.5) is 5.69 Å². The molecule has 1 N–H and O–H groups in total. The maximum atomic E-state index is 12.2. The molecule has 0 aliphatic carbocycles. The number of nitrogens with one attached hydrogen (secondary N) is 1. The summed E-state index contributed by atoms with van der Waals surface area (Å²) in [6, 6.07) is 13.3. The van der Waals surface area contributed by atoms with Gasteiger partial charge in [0.05, 0.1) is 17.1 Å². The van der Waals surface area contributed by atoms with Crippen molar-refractivity contribution < 1.29 is 4.79 Å². The van der Waals surface area contributed by atoms with E-state index in [1.54, 1.807) is 18.5 Å². The lowest BCUT2D eigenvalue weighted by molar-refractivity contribution is -0.111. The molecule has 0 saturated carbocycles. The lowest BCUT2D eigenvalue weighted by Crippen LogP contribution is -2.11. The van der Waals surface area contributed by atoms with Crippen LogP contribution in [0.5, 0.6) is 0 Å². The van der Waals surface area contributed by atoms with Gasteiger partial charge in [-0.2, -0.15) is 5.10 Å². The first kappa shape index (κ1) is 15.7. The maximum Gasteiger partial charge on any atom is 0.248 e. The van der Waals surface area contributed by atoms with Gasteiger partial charge in [-0.05, 0) is 49.8 Å². The number of hydrogen-bond donors (Lipinski definition) is 1. The molecule has 120 valence electrons. The van der Waals surface area contributed by atoms with E-state index in [0.29, 0.717) is 5.69 Å². The zero-order valence-electron chi connectivity index (χ0n) is 13.6. The van der Waals surface area contributed by atoms with Gasteiger partial charge in [-0.1, -0.05) is 18.2 Å². The fourth-order valence-corrected chi connectivity index (χ4v) is 2.46. The number of nitrogens with zero attached hydrogens (tertiary/aromatic N) is 3. The van der Waals surface area contributed by atoms with E-state index in [9.17, 15) is 4.79 Å². The minimum atomic E-state index is -0.201. The molecule has 1 amide bonds. The number of carbonyl (C=O) groups excluding carboxylic acids is 1. The molecular formula is C19H18N4O. The monoisotopic (exact) mass is 318 g/mol. The summed E-state index contributed by atoms with van der Waals surface area (Å²) in [6.07, 6.45) is 6.62. The summed E-state index contributed by atoms with van der Waals surface area (Å²) in [5, 5.41) is 7.39. The van der Waals surface area contributed by atoms with Gasteiger partial charge in [-0.25, -0.2) is 4.68 Å². The molecule has 2 aromatic heterocycles. The van der Waals surface area contributed by atoms with E-state index in [1.807, 2.05) is 61.0 Å². The largest absolute Gasteiger partial charge is 0.321 e. The molecule has 0 radical (unpaired) electrons. The highest BCUT2D eigenvalue weighted by atomic mass is 16.1. The molecule has 0 aliphatic rings. The van der Waals surface area contributed by atoms with E-state index < -0.39 is 0 Å². The lowest BCUT2D eigenvalue weighted by Gasteiger charge is -2.11. The summed E-state index contributed by atoms with van der Waals surface area (Å²) >= 11 is 0. The van der Waals surface area contributed by atoms with Crippen molar-refractivity contribution in [2.45, 2.75) is 13.8 Å². The SMILES string of the molecule is Cc1cc(C)n(-c2ccccc2NC(=O)/C=C/c2cccnc2)n1. The highest BCUT2D eigenvalue weighted by Crippen LogP contribution is 2.21. The number of aryl methyl sites for hydroxylation is 2. The van der Waals surface area contributed by atoms with Crippen LogP contribution in [0.1, 0.15) is 17.0 Å². The number of pyridine rings is 1. The Labute approximate surface area is 140 Å². The zero-order chi connectivity index (χ0) is 16.9. The summed E-state index contributed by atoms with van der Waals surface area (Å²) < 4.78 is 1.83. The summed E-state index contributed by atoms with van der Waals surface area (Å²) in [4.78, 5) is 16.2. The molecule has 24 heavy (non-hydrogen) atoms. The van der Waals surface area contributed by atoms with Crippen molar-refractivity contribution in [3.05, 3.63) is 77.9 Å². The zero-order valence-corrected chi connectivity index (χ0v) is 13.6. The Balaban J connectivity index is 1.82. The average molecular weight is 318 g/mol. The number of para-hydroxylation sites is 2. The Hall–Kier alpha value is -3.21. The Morgan fingerprint density at radius 1 is 1.17 bits per heavy atom. The first-order chi connectivity index (χ1) is 11.6. The lowest BCUT2D eigenvalue weighted by atomic mass is 10.2. The van der Waals surface area contributed by atoms with Gasteiger partial charge in [-0.3, -0.25) is 9.78 Å². The van der Waals surface area contributed by atoms with Crippen molar-refractivity contribution in [3.8, 4) is 5.69 Å². The molecule has 3 aromatic rings. The summed E-state index contributed by atoms with van der Waals surface area (Å²) in [5.41, 5.74) is 4.38. The second kappa shape index (κ2) is 6.91. The van der Waals surface area contributed by atoms with Crippen molar-refractivity contribution in [3.63, 3.8) is 0 Å². The highest BCUT2D eigenvalue weighted by Gasteiger charge is 2.09. The van der Waals surface area contributed by atoms with Crippen LogP contribution in [0, 0.1) is 13.8 Å². The molecule has 0 aliphatic heterocycles. The second-order valence-electron chi connectivity index (χ2n) is 5.46. The Kier molecular flexibility index (Phi) is 4.52. The number of hydrogen-bond acceptors (Lipinski definition) is 3. The van der Waals surface area contributed by atoms with Crippen molar-refractivity contribution in [2.75, 3.05) is 5.32 Å². The van der Waals surface area contributed by atoms with E-state index >= 15 is 0 Å². The predicted octanol–water partition coefficient (Wildman–Crippen LogP) is 3.54. The van der Waals surface area contributed by atoms with Gasteiger partial charge >= 0.3 is 0 Å². The standard InChI is InChI=1S/C19H18N4O/c1-14-12-15(2)23(22-14)18-8-4-3-7-17(18)21-19(24)10-9-16-6-5-11-20-13-16/h3-13H,1-2H3,(H,21,24)/b10-9+. The molecule has 0 atom stereocenters. The highest BCUT2D eigenvalue weighted by molar-refractivity contribution is 6.03. The number of benzene rings is 1. The van der Waals surface area contributed by atoms with Gasteiger partial charge in [-0.15, -0.1) is 0 Å². The van der Waals surface area contributed by atoms with Crippen LogP contribution in [0.15, 0.2) is 60.9 Å². The molecule has 0 spiro atoms. The third-order valence-electron chi connectivity index (χ3n) is 3.51. The van der Waals surface area contributed by atoms with Gasteiger partial charge in [0.1, 0.15) is 0 Å². The molecule has 0 saturated heterocycles. The van der Waals surface area contributed by atoms with Crippen molar-refractivity contribution >= 4 is 17.7 Å². The van der Waals surface area contributed by atoms with Gasteiger partial charge in [0, 0.05) is 24.2 Å². The summed E-state index contributed by atoms with van der Waals surface area (Å²) in [7, 11) is 0. The number of anilines is 1. The first-order valence-electron chi connectivity index (χ1n) is 7.65. The molecule has 5 nitrogen and oxygen atoms in total. The third-order valence-corrected chi connectivity index (χ3v) is 3.51. The fourth-order valence-electron chi connectivity index (χ4n) is 2.46. The van der Waals surface area contributed by atoms with Gasteiger partial charge in [0.25, 0.3) is 0 Å². The van der Waals surface area contributed by atoms with Crippen molar-refractivity contribution in [1.29, 1.82) is 0 Å². The van der Waals surface area contributed by atoms with E-state index in [2.05, 4.69) is 15.4 Å². The molecular weight excluding hydrogens is 300 g/mol. The number of carbonyl (C=O) groups is 1. The van der Waals surface area contributed by atoms with E-state index in [0.717, 1.165) is 22.6 Å². The van der Waals surface area contributed by atoms with Crippen LogP contribution in [-0.2, 0) is 4.79 Å². The predicted molar refractivity (Wildman–Crippen MR) is 94.9 cm³/mol. The van der Waals surface area contributed by atoms with Gasteiger partial charge in [0.2, 0.25) is 5.91 Å². The van der Waals surface area contributed by atoms with Crippen LogP contribution < -0.4 is 5.32 Å². The van der Waals surface area contributed by atoms with Crippen LogP contribution in [0.3, 0.4) is 0 Å². The van der Waals surface area contributed by atoms with Crippen LogP contribution >= 0.6 is 0 Å². The number of aromatic nitrogens is 3. The molecule has 0 unspecified atom stereocenters. The second-order valence-corrected chi connectivity index (χ2v) is 5.46. The Bertz CT molecular complexity index is 881. The van der Waals surface area contributed by atoms with Crippen LogP contribution in [-0.4, -0.2) is 20.7 Å². The number of rotatable bonds is 4. The molecule has 3 rings (SSSR count). The topological polar surface area (TPSA) is 59.8 Å². The Morgan fingerprint density at radius 2 is 2.00 bits per heavy atom. The van der Waals surface area contributed by atoms with E-state index in [-0.39, 0.29) is 5.91 Å². The van der Waals surface area contributed by atoms with Gasteiger partial charge < -0.3 is 5.32 Å². The Morgan fingerprint density at radius 3 is 2.71 bits per heavy atom. The number of amides is 1. The molecule has 0 bridgehead atoms. The van der Waals surface area contributed by atoms with Crippen molar-refractivity contribution in [2.24, 2.45) is 0 Å². The molecule has 0 fully saturated rings. The quantitative estimate of drug-likeness (QED) is 0.749. The smallest absolute Gasteiger partial charge is 0.248 e. The fraction of sp³-hybridized carbons (Fsp3) is 0.105. The minimum Gasteiger partial charge on any atom is -0.321 e. The minimum absolute atomic E-state index is 0.201. The van der Waals surface area contributed by atoms with Crippen LogP contribution in [0.25, 0.3) is 11.8 Å². The van der Waals surface area contributed by atoms with Crippen LogP contribution in [0.2, 0.25) is 0 Å². The van der Waals surface area contributed by atoms with Gasteiger partial charge in [0.15, 0.2) is 0 Å².